The maximum atomic E-state index is 8.82. The largest absolute Gasteiger partial charge is 0.380 e. The summed E-state index contributed by atoms with van der Waals surface area (Å²) in [5.41, 5.74) is 1.36. The van der Waals surface area contributed by atoms with Gasteiger partial charge in [0.1, 0.15) is 6.07 Å². The van der Waals surface area contributed by atoms with Gasteiger partial charge in [-0.25, -0.2) is 4.98 Å². The molecule has 2 rings (SSSR count). The van der Waals surface area contributed by atoms with E-state index in [0.29, 0.717) is 11.7 Å². The molecule has 72 valence electrons. The van der Waals surface area contributed by atoms with Gasteiger partial charge in [-0.15, -0.1) is 0 Å². The highest BCUT2D eigenvalue weighted by atomic mass is 15.0. The molecule has 0 atom stereocenters. The van der Waals surface area contributed by atoms with E-state index >= 15 is 0 Å². The molecule has 0 aliphatic heterocycles. The zero-order valence-electron chi connectivity index (χ0n) is 8.20. The van der Waals surface area contributed by atoms with Crippen molar-refractivity contribution in [2.24, 2.45) is 5.92 Å². The van der Waals surface area contributed by atoms with Crippen LogP contribution in [-0.4, -0.2) is 11.0 Å². The maximum Gasteiger partial charge on any atom is 0.163 e. The molecule has 1 aliphatic carbocycles. The Balaban J connectivity index is 2.06. The van der Waals surface area contributed by atoms with Crippen molar-refractivity contribution in [3.63, 3.8) is 0 Å². The molecule has 0 radical (unpaired) electrons. The summed E-state index contributed by atoms with van der Waals surface area (Å²) in [6.07, 6.45) is 4.03. The van der Waals surface area contributed by atoms with Crippen LogP contribution in [0.25, 0.3) is 0 Å². The van der Waals surface area contributed by atoms with E-state index in [2.05, 4.69) is 23.3 Å². The summed E-state index contributed by atoms with van der Waals surface area (Å²) >= 11 is 0. The van der Waals surface area contributed by atoms with E-state index in [1.54, 1.807) is 6.20 Å². The first-order valence-electron chi connectivity index (χ1n) is 4.91. The Bertz CT molecular complexity index is 361. The third-order valence-electron chi connectivity index (χ3n) is 2.65. The second kappa shape index (κ2) is 3.67. The van der Waals surface area contributed by atoms with Crippen LogP contribution in [0.5, 0.6) is 0 Å². The quantitative estimate of drug-likeness (QED) is 0.771. The predicted octanol–water partition coefficient (Wildman–Crippen LogP) is 2.16. The standard InChI is InChI=1S/C11H13N3/c1-8-5-9(6-8)14-10-3-2-4-13-11(10)7-12/h2-4,8-9,14H,5-6H2,1H3. The summed E-state index contributed by atoms with van der Waals surface area (Å²) in [6.45, 7) is 2.24. The van der Waals surface area contributed by atoms with Crippen LogP contribution in [0.1, 0.15) is 25.5 Å². The second-order valence-electron chi connectivity index (χ2n) is 3.93. The van der Waals surface area contributed by atoms with Crippen molar-refractivity contribution < 1.29 is 0 Å². The van der Waals surface area contributed by atoms with Gasteiger partial charge in [0, 0.05) is 12.2 Å². The number of aromatic nitrogens is 1. The summed E-state index contributed by atoms with van der Waals surface area (Å²) in [4.78, 5) is 4.00. The lowest BCUT2D eigenvalue weighted by atomic mass is 9.82. The molecule has 0 aromatic carbocycles. The molecular weight excluding hydrogens is 174 g/mol. The summed E-state index contributed by atoms with van der Waals surface area (Å²) in [7, 11) is 0. The predicted molar refractivity (Wildman–Crippen MR) is 54.8 cm³/mol. The lowest BCUT2D eigenvalue weighted by molar-refractivity contribution is 0.309. The first kappa shape index (κ1) is 9.01. The lowest BCUT2D eigenvalue weighted by Crippen LogP contribution is -2.34. The van der Waals surface area contributed by atoms with E-state index in [9.17, 15) is 0 Å². The highest BCUT2D eigenvalue weighted by molar-refractivity contribution is 5.54. The molecule has 1 fully saturated rings. The number of anilines is 1. The van der Waals surface area contributed by atoms with Crippen molar-refractivity contribution in [3.8, 4) is 6.07 Å². The number of nitrogens with zero attached hydrogens (tertiary/aromatic N) is 2. The first-order chi connectivity index (χ1) is 6.79. The van der Waals surface area contributed by atoms with E-state index in [0.717, 1.165) is 11.6 Å². The van der Waals surface area contributed by atoms with Gasteiger partial charge >= 0.3 is 0 Å². The van der Waals surface area contributed by atoms with Crippen LogP contribution in [0.15, 0.2) is 18.3 Å². The van der Waals surface area contributed by atoms with Gasteiger partial charge < -0.3 is 5.32 Å². The fourth-order valence-electron chi connectivity index (χ4n) is 1.85. The van der Waals surface area contributed by atoms with Crippen LogP contribution in [0, 0.1) is 17.2 Å². The molecule has 1 aromatic rings. The number of nitrogens with one attached hydrogen (secondary N) is 1. The Hall–Kier alpha value is -1.56. The maximum absolute atomic E-state index is 8.82. The number of pyridine rings is 1. The van der Waals surface area contributed by atoms with Crippen LogP contribution in [-0.2, 0) is 0 Å². The summed E-state index contributed by atoms with van der Waals surface area (Å²) in [5, 5.41) is 12.2. The Morgan fingerprint density at radius 2 is 2.36 bits per heavy atom. The molecule has 1 aromatic heterocycles. The van der Waals surface area contributed by atoms with E-state index < -0.39 is 0 Å². The van der Waals surface area contributed by atoms with Gasteiger partial charge in [0.05, 0.1) is 5.69 Å². The minimum absolute atomic E-state index is 0.493. The molecule has 0 saturated heterocycles. The lowest BCUT2D eigenvalue weighted by Gasteiger charge is -2.34. The van der Waals surface area contributed by atoms with Gasteiger partial charge in [0.2, 0.25) is 0 Å². The number of hydrogen-bond donors (Lipinski definition) is 1. The molecular formula is C11H13N3. The van der Waals surface area contributed by atoms with Gasteiger partial charge in [0.15, 0.2) is 5.69 Å². The smallest absolute Gasteiger partial charge is 0.163 e. The molecule has 3 heteroatoms. The number of hydrogen-bond acceptors (Lipinski definition) is 3. The van der Waals surface area contributed by atoms with Crippen LogP contribution < -0.4 is 5.32 Å². The fourth-order valence-corrected chi connectivity index (χ4v) is 1.85. The molecule has 0 unspecified atom stereocenters. The summed E-state index contributed by atoms with van der Waals surface area (Å²) < 4.78 is 0. The number of rotatable bonds is 2. The van der Waals surface area contributed by atoms with Crippen molar-refractivity contribution in [2.45, 2.75) is 25.8 Å². The van der Waals surface area contributed by atoms with Gasteiger partial charge in [0.25, 0.3) is 0 Å². The van der Waals surface area contributed by atoms with Gasteiger partial charge in [-0.05, 0) is 30.9 Å². The van der Waals surface area contributed by atoms with Crippen molar-refractivity contribution in [1.29, 1.82) is 5.26 Å². The molecule has 0 bridgehead atoms. The first-order valence-corrected chi connectivity index (χ1v) is 4.91. The monoisotopic (exact) mass is 187 g/mol. The zero-order valence-corrected chi connectivity index (χ0v) is 8.20. The average Bonchev–Trinajstić information content (AvgIpc) is 2.16. The molecule has 1 N–H and O–H groups in total. The molecule has 0 amide bonds. The van der Waals surface area contributed by atoms with Crippen molar-refractivity contribution >= 4 is 5.69 Å². The molecule has 1 heterocycles. The molecule has 1 saturated carbocycles. The van der Waals surface area contributed by atoms with E-state index in [4.69, 9.17) is 5.26 Å². The summed E-state index contributed by atoms with van der Waals surface area (Å²) in [6, 6.07) is 6.38. The molecule has 3 nitrogen and oxygen atoms in total. The van der Waals surface area contributed by atoms with E-state index in [1.165, 1.54) is 12.8 Å². The third kappa shape index (κ3) is 1.69. The minimum Gasteiger partial charge on any atom is -0.380 e. The van der Waals surface area contributed by atoms with Crippen molar-refractivity contribution in [1.82, 2.24) is 4.98 Å². The Labute approximate surface area is 83.8 Å². The second-order valence-corrected chi connectivity index (χ2v) is 3.93. The Kier molecular flexibility index (Phi) is 2.36. The molecule has 1 aliphatic rings. The van der Waals surface area contributed by atoms with Crippen molar-refractivity contribution in [2.75, 3.05) is 5.32 Å². The van der Waals surface area contributed by atoms with Crippen molar-refractivity contribution in [3.05, 3.63) is 24.0 Å². The summed E-state index contributed by atoms with van der Waals surface area (Å²) in [5.74, 6) is 0.815. The third-order valence-corrected chi connectivity index (χ3v) is 2.65. The number of nitriles is 1. The highest BCUT2D eigenvalue weighted by Gasteiger charge is 2.25. The zero-order chi connectivity index (χ0) is 9.97. The van der Waals surface area contributed by atoms with E-state index in [1.807, 2.05) is 12.1 Å². The van der Waals surface area contributed by atoms with Crippen LogP contribution >= 0.6 is 0 Å². The Morgan fingerprint density at radius 3 is 3.00 bits per heavy atom. The fraction of sp³-hybridized carbons (Fsp3) is 0.455. The topological polar surface area (TPSA) is 48.7 Å². The van der Waals surface area contributed by atoms with Gasteiger partial charge in [-0.2, -0.15) is 5.26 Å². The SMILES string of the molecule is CC1CC(Nc2cccnc2C#N)C1. The average molecular weight is 187 g/mol. The van der Waals surface area contributed by atoms with Gasteiger partial charge in [-0.3, -0.25) is 0 Å². The highest BCUT2D eigenvalue weighted by Crippen LogP contribution is 2.29. The molecule has 14 heavy (non-hydrogen) atoms. The molecule has 0 spiro atoms. The van der Waals surface area contributed by atoms with E-state index in [-0.39, 0.29) is 0 Å². The van der Waals surface area contributed by atoms with Crippen LogP contribution in [0.2, 0.25) is 0 Å². The Morgan fingerprint density at radius 1 is 1.57 bits per heavy atom. The normalized spacial score (nSPS) is 24.9. The van der Waals surface area contributed by atoms with Crippen LogP contribution in [0.4, 0.5) is 5.69 Å². The van der Waals surface area contributed by atoms with Gasteiger partial charge in [-0.1, -0.05) is 6.92 Å². The van der Waals surface area contributed by atoms with Crippen LogP contribution in [0.3, 0.4) is 0 Å². The minimum atomic E-state index is 0.493.